The molecule has 7 heteroatoms. The van der Waals surface area contributed by atoms with Crippen LogP contribution in [0, 0.1) is 18.8 Å². The van der Waals surface area contributed by atoms with Gasteiger partial charge in [0.05, 0.1) is 24.5 Å². The van der Waals surface area contributed by atoms with Gasteiger partial charge in [0.25, 0.3) is 0 Å². The largest absolute Gasteiger partial charge is 0.465 e. The number of nitrogens with zero attached hydrogens (tertiary/aromatic N) is 1. The Kier molecular flexibility index (Phi) is 5.06. The Morgan fingerprint density at radius 3 is 2.35 bits per heavy atom. The highest BCUT2D eigenvalue weighted by molar-refractivity contribution is 6.08. The molecule has 1 aromatic rings. The normalized spacial score (nSPS) is 22.2. The average Bonchev–Trinajstić information content (AvgIpc) is 2.88. The molecule has 2 atom stereocenters. The van der Waals surface area contributed by atoms with Crippen LogP contribution in [0.1, 0.15) is 41.6 Å². The summed E-state index contributed by atoms with van der Waals surface area (Å²) in [5.74, 6) is -1.99. The Morgan fingerprint density at radius 1 is 1.15 bits per heavy atom. The van der Waals surface area contributed by atoms with Crippen LogP contribution in [0.5, 0.6) is 0 Å². The van der Waals surface area contributed by atoms with Crippen LogP contribution in [0.15, 0.2) is 18.2 Å². The number of methoxy groups -OCH3 is 1. The molecule has 26 heavy (non-hydrogen) atoms. The zero-order valence-corrected chi connectivity index (χ0v) is 14.9. The fourth-order valence-electron chi connectivity index (χ4n) is 3.72. The molecule has 0 aromatic heterocycles. The van der Waals surface area contributed by atoms with Crippen LogP contribution in [0.4, 0.5) is 5.69 Å². The number of hydrogen-bond donors (Lipinski definition) is 1. The first-order valence-electron chi connectivity index (χ1n) is 8.76. The summed E-state index contributed by atoms with van der Waals surface area (Å²) in [5, 5.41) is 2.69. The first kappa shape index (κ1) is 18.1. The van der Waals surface area contributed by atoms with Gasteiger partial charge in [0.1, 0.15) is 6.54 Å². The van der Waals surface area contributed by atoms with E-state index in [1.54, 1.807) is 19.1 Å². The van der Waals surface area contributed by atoms with Crippen molar-refractivity contribution in [1.82, 2.24) is 4.90 Å². The minimum Gasteiger partial charge on any atom is -0.465 e. The molecule has 7 nitrogen and oxygen atoms in total. The lowest BCUT2D eigenvalue weighted by Crippen LogP contribution is -2.38. The van der Waals surface area contributed by atoms with Crippen LogP contribution in [0.2, 0.25) is 0 Å². The van der Waals surface area contributed by atoms with E-state index in [-0.39, 0.29) is 30.2 Å². The molecule has 2 aliphatic rings. The van der Waals surface area contributed by atoms with Crippen molar-refractivity contribution in [3.05, 3.63) is 29.3 Å². The highest BCUT2D eigenvalue weighted by Crippen LogP contribution is 2.37. The standard InChI is InChI=1S/C19H22N2O5/c1-11-7-8-12(19(25)26-2)9-15(11)20-16(22)10-21-17(23)13-5-3-4-6-14(13)18(21)24/h7-9,13-14H,3-6,10H2,1-2H3,(H,20,22)/t13-,14-/m1/s1. The smallest absolute Gasteiger partial charge is 0.337 e. The van der Waals surface area contributed by atoms with Crippen molar-refractivity contribution in [3.63, 3.8) is 0 Å². The molecule has 1 N–H and O–H groups in total. The molecular formula is C19H22N2O5. The lowest BCUT2D eigenvalue weighted by molar-refractivity contribution is -0.142. The maximum atomic E-state index is 12.5. The number of ether oxygens (including phenoxy) is 1. The molecule has 0 spiro atoms. The summed E-state index contributed by atoms with van der Waals surface area (Å²) in [7, 11) is 1.28. The van der Waals surface area contributed by atoms with E-state index in [9.17, 15) is 19.2 Å². The van der Waals surface area contributed by atoms with Crippen LogP contribution in [-0.4, -0.2) is 42.2 Å². The second kappa shape index (κ2) is 7.27. The Bertz CT molecular complexity index is 749. The summed E-state index contributed by atoms with van der Waals surface area (Å²) in [4.78, 5) is 50.0. The lowest BCUT2D eigenvalue weighted by Gasteiger charge is -2.19. The Hall–Kier alpha value is -2.70. The molecule has 1 heterocycles. The number of aryl methyl sites for hydroxylation is 1. The van der Waals surface area contributed by atoms with E-state index in [2.05, 4.69) is 10.1 Å². The molecule has 0 unspecified atom stereocenters. The summed E-state index contributed by atoms with van der Waals surface area (Å²) in [5.41, 5.74) is 1.53. The zero-order valence-electron chi connectivity index (χ0n) is 14.9. The minimum absolute atomic E-state index is 0.241. The van der Waals surface area contributed by atoms with Gasteiger partial charge in [-0.05, 0) is 37.5 Å². The van der Waals surface area contributed by atoms with Gasteiger partial charge in [0.2, 0.25) is 17.7 Å². The van der Waals surface area contributed by atoms with Crippen LogP contribution in [-0.2, 0) is 19.1 Å². The van der Waals surface area contributed by atoms with E-state index in [0.717, 1.165) is 23.3 Å². The lowest BCUT2D eigenvalue weighted by atomic mass is 9.81. The van der Waals surface area contributed by atoms with Crippen LogP contribution >= 0.6 is 0 Å². The van der Waals surface area contributed by atoms with E-state index in [1.807, 2.05) is 0 Å². The quantitative estimate of drug-likeness (QED) is 0.655. The van der Waals surface area contributed by atoms with E-state index < -0.39 is 11.9 Å². The molecule has 0 bridgehead atoms. The fourth-order valence-corrected chi connectivity index (χ4v) is 3.72. The molecule has 1 aliphatic carbocycles. The monoisotopic (exact) mass is 358 g/mol. The van der Waals surface area contributed by atoms with Crippen LogP contribution in [0.25, 0.3) is 0 Å². The average molecular weight is 358 g/mol. The topological polar surface area (TPSA) is 92.8 Å². The van der Waals surface area contributed by atoms with E-state index in [1.165, 1.54) is 13.2 Å². The molecule has 1 aromatic carbocycles. The summed E-state index contributed by atoms with van der Waals surface area (Å²) in [6.45, 7) is 1.49. The SMILES string of the molecule is COC(=O)c1ccc(C)c(NC(=O)CN2C(=O)[C@@H]3CCCC[C@H]3C2=O)c1. The number of benzene rings is 1. The van der Waals surface area contributed by atoms with Gasteiger partial charge in [-0.3, -0.25) is 19.3 Å². The van der Waals surface area contributed by atoms with Crippen LogP contribution in [0.3, 0.4) is 0 Å². The molecule has 2 fully saturated rings. The third-order valence-electron chi connectivity index (χ3n) is 5.17. The number of fused-ring (bicyclic) bond motifs is 1. The molecule has 3 rings (SSSR count). The number of imide groups is 1. The van der Waals surface area contributed by atoms with Crippen molar-refractivity contribution >= 4 is 29.4 Å². The molecule has 0 radical (unpaired) electrons. The zero-order chi connectivity index (χ0) is 18.8. The second-order valence-electron chi connectivity index (χ2n) is 6.83. The number of carbonyl (C=O) groups is 4. The van der Waals surface area contributed by atoms with Gasteiger partial charge < -0.3 is 10.1 Å². The predicted octanol–water partition coefficient (Wildman–Crippen LogP) is 1.90. The first-order chi connectivity index (χ1) is 12.4. The number of hydrogen-bond acceptors (Lipinski definition) is 5. The van der Waals surface area contributed by atoms with Gasteiger partial charge in [-0.1, -0.05) is 18.9 Å². The molecule has 1 saturated carbocycles. The molecule has 1 aliphatic heterocycles. The fraction of sp³-hybridized carbons (Fsp3) is 0.474. The number of likely N-dealkylation sites (tertiary alicyclic amines) is 1. The molecule has 3 amide bonds. The first-order valence-corrected chi connectivity index (χ1v) is 8.76. The van der Waals surface area contributed by atoms with Gasteiger partial charge in [-0.2, -0.15) is 0 Å². The van der Waals surface area contributed by atoms with Crippen molar-refractivity contribution in [3.8, 4) is 0 Å². The number of amides is 3. The minimum atomic E-state index is -0.505. The second-order valence-corrected chi connectivity index (χ2v) is 6.83. The summed E-state index contributed by atoms with van der Waals surface area (Å²) in [6, 6.07) is 4.82. The van der Waals surface area contributed by atoms with Gasteiger partial charge >= 0.3 is 5.97 Å². The number of nitrogens with one attached hydrogen (secondary N) is 1. The van der Waals surface area contributed by atoms with E-state index in [0.29, 0.717) is 24.1 Å². The highest BCUT2D eigenvalue weighted by Gasteiger charge is 2.48. The molecular weight excluding hydrogens is 336 g/mol. The van der Waals surface area contributed by atoms with Gasteiger partial charge in [-0.25, -0.2) is 4.79 Å². The van der Waals surface area contributed by atoms with Crippen molar-refractivity contribution < 1.29 is 23.9 Å². The van der Waals surface area contributed by atoms with Gasteiger partial charge in [0.15, 0.2) is 0 Å². The van der Waals surface area contributed by atoms with Gasteiger partial charge in [-0.15, -0.1) is 0 Å². The Balaban J connectivity index is 1.70. The number of anilines is 1. The highest BCUT2D eigenvalue weighted by atomic mass is 16.5. The van der Waals surface area contributed by atoms with Crippen LogP contribution < -0.4 is 5.32 Å². The van der Waals surface area contributed by atoms with E-state index >= 15 is 0 Å². The Labute approximate surface area is 151 Å². The maximum absolute atomic E-state index is 12.5. The number of esters is 1. The molecule has 138 valence electrons. The number of carbonyl (C=O) groups excluding carboxylic acids is 4. The van der Waals surface area contributed by atoms with Crippen molar-refractivity contribution in [1.29, 1.82) is 0 Å². The van der Waals surface area contributed by atoms with E-state index in [4.69, 9.17) is 0 Å². The summed E-state index contributed by atoms with van der Waals surface area (Å²) >= 11 is 0. The van der Waals surface area contributed by atoms with Crippen molar-refractivity contribution in [2.75, 3.05) is 19.0 Å². The molecule has 1 saturated heterocycles. The maximum Gasteiger partial charge on any atom is 0.337 e. The summed E-state index contributed by atoms with van der Waals surface area (Å²) in [6.07, 6.45) is 3.32. The van der Waals surface area contributed by atoms with Gasteiger partial charge in [0, 0.05) is 5.69 Å². The van der Waals surface area contributed by atoms with Crippen molar-refractivity contribution in [2.24, 2.45) is 11.8 Å². The Morgan fingerprint density at radius 2 is 1.77 bits per heavy atom. The third-order valence-corrected chi connectivity index (χ3v) is 5.17. The third kappa shape index (κ3) is 3.34. The predicted molar refractivity (Wildman–Crippen MR) is 93.3 cm³/mol. The van der Waals surface area contributed by atoms with Crippen molar-refractivity contribution in [2.45, 2.75) is 32.6 Å². The summed E-state index contributed by atoms with van der Waals surface area (Å²) < 4.78 is 4.68. The number of rotatable bonds is 4.